The van der Waals surface area contributed by atoms with Gasteiger partial charge >= 0.3 is 12.1 Å². The van der Waals surface area contributed by atoms with E-state index in [4.69, 9.17) is 26.1 Å². The summed E-state index contributed by atoms with van der Waals surface area (Å²) in [4.78, 5) is 45.4. The number of fused-ring (bicyclic) bond motifs is 3. The Morgan fingerprint density at radius 3 is 2.23 bits per heavy atom. The predicted octanol–water partition coefficient (Wildman–Crippen LogP) is 9.09. The SMILES string of the molecule is Cc1sc2c(c1C)C(c1ccc(Cl)cc1)=N[C@@H](CC(=O)O[C@@H](C)c1ccc(C(=O)Nc3ccccc3NC(=O)OC(C)(C)C)cc1)c1nnc(C)n1-2. The molecule has 1 aliphatic heterocycles. The molecule has 0 unspecified atom stereocenters. The summed E-state index contributed by atoms with van der Waals surface area (Å²) < 4.78 is 13.2. The summed E-state index contributed by atoms with van der Waals surface area (Å²) in [5.74, 6) is 0.421. The number of esters is 1. The smallest absolute Gasteiger partial charge is 0.412 e. The molecule has 2 atom stereocenters. The van der Waals surface area contributed by atoms with E-state index in [-0.39, 0.29) is 12.3 Å². The molecule has 2 N–H and O–H groups in total. The third-order valence-electron chi connectivity index (χ3n) is 8.48. The summed E-state index contributed by atoms with van der Waals surface area (Å²) in [5.41, 5.74) is 4.93. The van der Waals surface area contributed by atoms with Gasteiger partial charge in [-0.2, -0.15) is 0 Å². The average Bonchev–Trinajstić information content (AvgIpc) is 3.56. The van der Waals surface area contributed by atoms with Crippen LogP contribution in [0.5, 0.6) is 0 Å². The van der Waals surface area contributed by atoms with Crippen molar-refractivity contribution >= 4 is 58.0 Å². The number of rotatable bonds is 8. The van der Waals surface area contributed by atoms with Gasteiger partial charge in [0.1, 0.15) is 28.6 Å². The van der Waals surface area contributed by atoms with Crippen molar-refractivity contribution < 1.29 is 23.9 Å². The Hall–Kier alpha value is -5.33. The molecule has 0 saturated carbocycles. The number of benzene rings is 3. The van der Waals surface area contributed by atoms with Crippen molar-refractivity contribution in [1.82, 2.24) is 14.8 Å². The van der Waals surface area contributed by atoms with E-state index in [1.54, 1.807) is 87.6 Å². The standard InChI is InChI=1S/C39H39ClN6O5S/c1-21-23(3)52-37-33(21)34(26-16-18-28(40)19-17-26)41-31(35-45-44-24(4)46(35)37)20-32(47)50-22(2)25-12-14-27(15-13-25)36(48)42-29-10-8-9-11-30(29)43-38(49)51-39(5,6)7/h8-19,22,31H,20H2,1-7H3,(H,42,48)(H,43,49)/t22-,31-/m0/s1. The van der Waals surface area contributed by atoms with Crippen molar-refractivity contribution in [3.05, 3.63) is 122 Å². The Balaban J connectivity index is 1.17. The number of amides is 2. The van der Waals surface area contributed by atoms with Crippen LogP contribution in [0.15, 0.2) is 77.8 Å². The van der Waals surface area contributed by atoms with E-state index in [1.807, 2.05) is 35.8 Å². The van der Waals surface area contributed by atoms with E-state index in [9.17, 15) is 14.4 Å². The number of halogens is 1. The third kappa shape index (κ3) is 7.93. The monoisotopic (exact) mass is 738 g/mol. The Bertz CT molecular complexity index is 2180. The molecule has 3 aromatic carbocycles. The highest BCUT2D eigenvalue weighted by molar-refractivity contribution is 7.15. The molecule has 0 bridgehead atoms. The zero-order valence-corrected chi connectivity index (χ0v) is 31.5. The van der Waals surface area contributed by atoms with Crippen LogP contribution >= 0.6 is 22.9 Å². The number of ether oxygens (including phenoxy) is 2. The summed E-state index contributed by atoms with van der Waals surface area (Å²) in [7, 11) is 0. The van der Waals surface area contributed by atoms with Gasteiger partial charge in [0.2, 0.25) is 0 Å². The summed E-state index contributed by atoms with van der Waals surface area (Å²) in [6.45, 7) is 13.1. The van der Waals surface area contributed by atoms with Gasteiger partial charge < -0.3 is 14.8 Å². The molecule has 0 fully saturated rings. The van der Waals surface area contributed by atoms with E-state index in [0.717, 1.165) is 32.3 Å². The average molecular weight is 739 g/mol. The van der Waals surface area contributed by atoms with Crippen molar-refractivity contribution in [2.45, 2.75) is 72.6 Å². The number of carbonyl (C=O) groups excluding carboxylic acids is 3. The quantitative estimate of drug-likeness (QED) is 0.152. The molecule has 2 aromatic heterocycles. The van der Waals surface area contributed by atoms with Crippen LogP contribution in [-0.4, -0.2) is 44.0 Å². The minimum absolute atomic E-state index is 0.0657. The van der Waals surface area contributed by atoms with E-state index >= 15 is 0 Å². The number of anilines is 2. The molecular weight excluding hydrogens is 700 g/mol. The molecule has 6 rings (SSSR count). The van der Waals surface area contributed by atoms with Crippen molar-refractivity contribution in [2.24, 2.45) is 4.99 Å². The third-order valence-corrected chi connectivity index (χ3v) is 9.92. The number of carbonyl (C=O) groups is 3. The second-order valence-corrected chi connectivity index (χ2v) is 15.1. The lowest BCUT2D eigenvalue weighted by Crippen LogP contribution is -2.27. The number of hydrogen-bond acceptors (Lipinski definition) is 9. The van der Waals surface area contributed by atoms with Crippen molar-refractivity contribution in [3.8, 4) is 5.00 Å². The van der Waals surface area contributed by atoms with Gasteiger partial charge in [-0.25, -0.2) is 4.79 Å². The summed E-state index contributed by atoms with van der Waals surface area (Å²) >= 11 is 7.87. The number of hydrogen-bond donors (Lipinski definition) is 2. The lowest BCUT2D eigenvalue weighted by Gasteiger charge is -2.20. The first-order chi connectivity index (χ1) is 24.7. The zero-order valence-electron chi connectivity index (χ0n) is 29.9. The van der Waals surface area contributed by atoms with Crippen LogP contribution in [-0.2, 0) is 14.3 Å². The van der Waals surface area contributed by atoms with E-state index in [2.05, 4.69) is 34.7 Å². The largest absolute Gasteiger partial charge is 0.458 e. The molecule has 52 heavy (non-hydrogen) atoms. The first-order valence-corrected chi connectivity index (χ1v) is 17.9. The van der Waals surface area contributed by atoms with Gasteiger partial charge in [0.05, 0.1) is 23.5 Å². The normalized spacial score (nSPS) is 14.3. The fourth-order valence-electron chi connectivity index (χ4n) is 5.82. The molecule has 0 aliphatic carbocycles. The van der Waals surface area contributed by atoms with Gasteiger partial charge in [-0.05, 0) is 96.0 Å². The Morgan fingerprint density at radius 1 is 0.923 bits per heavy atom. The summed E-state index contributed by atoms with van der Waals surface area (Å²) in [5, 5.41) is 15.9. The molecule has 13 heteroatoms. The predicted molar refractivity (Wildman–Crippen MR) is 203 cm³/mol. The molecule has 3 heterocycles. The number of aryl methyl sites for hydroxylation is 2. The lowest BCUT2D eigenvalue weighted by atomic mass is 9.99. The Morgan fingerprint density at radius 2 is 1.58 bits per heavy atom. The highest BCUT2D eigenvalue weighted by atomic mass is 35.5. The fraction of sp³-hybridized carbons (Fsp3) is 0.282. The first-order valence-electron chi connectivity index (χ1n) is 16.7. The van der Waals surface area contributed by atoms with Gasteiger partial charge in [0.15, 0.2) is 5.82 Å². The molecule has 5 aromatic rings. The van der Waals surface area contributed by atoms with Gasteiger partial charge in [-0.1, -0.05) is 48.0 Å². The number of aliphatic imine (C=N–C) groups is 1. The van der Waals surface area contributed by atoms with Gasteiger partial charge in [-0.3, -0.25) is 24.5 Å². The molecule has 0 radical (unpaired) electrons. The fourth-order valence-corrected chi connectivity index (χ4v) is 7.16. The number of aromatic nitrogens is 3. The summed E-state index contributed by atoms with van der Waals surface area (Å²) in [6.07, 6.45) is -1.31. The highest BCUT2D eigenvalue weighted by Crippen LogP contribution is 2.40. The molecular formula is C39H39ClN6O5S. The van der Waals surface area contributed by atoms with E-state index in [0.29, 0.717) is 39.2 Å². The lowest BCUT2D eigenvalue weighted by molar-refractivity contribution is -0.149. The molecule has 2 amide bonds. The van der Waals surface area contributed by atoms with Crippen LogP contribution in [0.3, 0.4) is 0 Å². The minimum Gasteiger partial charge on any atom is -0.458 e. The topological polar surface area (TPSA) is 137 Å². The van der Waals surface area contributed by atoms with E-state index in [1.165, 1.54) is 0 Å². The molecule has 0 spiro atoms. The zero-order chi connectivity index (χ0) is 37.3. The first kappa shape index (κ1) is 36.5. The highest BCUT2D eigenvalue weighted by Gasteiger charge is 2.33. The van der Waals surface area contributed by atoms with Crippen LogP contribution in [0.2, 0.25) is 5.02 Å². The minimum atomic E-state index is -0.673. The van der Waals surface area contributed by atoms with Crippen LogP contribution in [0.1, 0.15) is 95.4 Å². The van der Waals surface area contributed by atoms with Crippen LogP contribution in [0, 0.1) is 20.8 Å². The molecule has 1 aliphatic rings. The van der Waals surface area contributed by atoms with Crippen molar-refractivity contribution in [2.75, 3.05) is 10.6 Å². The van der Waals surface area contributed by atoms with Crippen molar-refractivity contribution in [3.63, 3.8) is 0 Å². The van der Waals surface area contributed by atoms with Gasteiger partial charge in [-0.15, -0.1) is 21.5 Å². The van der Waals surface area contributed by atoms with E-state index < -0.39 is 29.8 Å². The van der Waals surface area contributed by atoms with Gasteiger partial charge in [0, 0.05) is 26.6 Å². The second kappa shape index (κ2) is 14.7. The maximum Gasteiger partial charge on any atom is 0.412 e. The van der Waals surface area contributed by atoms with Crippen LogP contribution < -0.4 is 10.6 Å². The number of nitrogens with zero attached hydrogens (tertiary/aromatic N) is 4. The Kier molecular flexibility index (Phi) is 10.3. The van der Waals surface area contributed by atoms with Crippen molar-refractivity contribution in [1.29, 1.82) is 0 Å². The number of thiophene rings is 1. The molecule has 11 nitrogen and oxygen atoms in total. The van der Waals surface area contributed by atoms with Gasteiger partial charge in [0.25, 0.3) is 5.91 Å². The second-order valence-electron chi connectivity index (χ2n) is 13.5. The van der Waals surface area contributed by atoms with Crippen LogP contribution in [0.25, 0.3) is 5.00 Å². The number of para-hydroxylation sites is 2. The summed E-state index contributed by atoms with van der Waals surface area (Å²) in [6, 6.07) is 20.5. The maximum atomic E-state index is 13.5. The number of nitrogens with one attached hydrogen (secondary N) is 2. The molecule has 0 saturated heterocycles. The Labute approximate surface area is 311 Å². The molecule has 268 valence electrons. The van der Waals surface area contributed by atoms with Crippen LogP contribution in [0.4, 0.5) is 16.2 Å². The maximum absolute atomic E-state index is 13.5.